The molecule has 4 atom stereocenters. The first-order valence-corrected chi connectivity index (χ1v) is 4.63. The molecule has 0 aromatic rings. The van der Waals surface area contributed by atoms with E-state index in [9.17, 15) is 0 Å². The molecule has 0 amide bonds. The first kappa shape index (κ1) is 17.6. The highest BCUT2D eigenvalue weighted by Crippen LogP contribution is 1.91. The summed E-state index contributed by atoms with van der Waals surface area (Å²) in [6, 6.07) is 0. The minimum absolute atomic E-state index is 0.437. The van der Waals surface area contributed by atoms with Gasteiger partial charge in [0.25, 0.3) is 0 Å². The van der Waals surface area contributed by atoms with Gasteiger partial charge in [-0.3, -0.25) is 0 Å². The molecular weight excluding hydrogens is 216 g/mol. The van der Waals surface area contributed by atoms with Crippen LogP contribution in [0, 0.1) is 0 Å². The van der Waals surface area contributed by atoms with Gasteiger partial charge < -0.3 is 30.6 Å². The Morgan fingerprint density at radius 3 is 1.06 bits per heavy atom. The molecule has 0 radical (unpaired) electrons. The second-order valence-corrected chi connectivity index (χ2v) is 2.95. The summed E-state index contributed by atoms with van der Waals surface area (Å²) in [4.78, 5) is 0. The van der Waals surface area contributed by atoms with Gasteiger partial charge in [0.05, 0.1) is 25.4 Å². The Kier molecular flexibility index (Phi) is 11.8. The third-order valence-corrected chi connectivity index (χ3v) is 1.65. The van der Waals surface area contributed by atoms with Crippen LogP contribution in [0.2, 0.25) is 0 Å². The van der Waals surface area contributed by atoms with Crippen molar-refractivity contribution in [2.24, 2.45) is 0 Å². The molecule has 0 spiro atoms. The van der Waals surface area contributed by atoms with E-state index in [2.05, 4.69) is 13.2 Å². The summed E-state index contributed by atoms with van der Waals surface area (Å²) in [7, 11) is 0. The molecule has 0 saturated heterocycles. The lowest BCUT2D eigenvalue weighted by Gasteiger charge is -2.09. The van der Waals surface area contributed by atoms with Crippen molar-refractivity contribution in [3.05, 3.63) is 25.3 Å². The molecule has 0 aliphatic heterocycles. The smallest absolute Gasteiger partial charge is 0.106 e. The van der Waals surface area contributed by atoms with Crippen LogP contribution < -0.4 is 0 Å². The maximum atomic E-state index is 8.60. The van der Waals surface area contributed by atoms with E-state index in [1.54, 1.807) is 0 Å². The van der Waals surface area contributed by atoms with E-state index in [1.165, 1.54) is 12.2 Å². The van der Waals surface area contributed by atoms with E-state index in [0.717, 1.165) is 0 Å². The van der Waals surface area contributed by atoms with Gasteiger partial charge in [-0.1, -0.05) is 12.2 Å². The van der Waals surface area contributed by atoms with Crippen molar-refractivity contribution in [3.8, 4) is 0 Å². The Labute approximate surface area is 94.4 Å². The lowest BCUT2D eigenvalue weighted by atomic mass is 10.2. The van der Waals surface area contributed by atoms with Gasteiger partial charge in [0.2, 0.25) is 0 Å². The summed E-state index contributed by atoms with van der Waals surface area (Å²) in [5, 5.41) is 50.7. The molecule has 0 aromatic heterocycles. The van der Waals surface area contributed by atoms with E-state index in [4.69, 9.17) is 30.6 Å². The molecule has 6 N–H and O–H groups in total. The Bertz CT molecular complexity index is 164. The zero-order valence-corrected chi connectivity index (χ0v) is 8.98. The zero-order chi connectivity index (χ0) is 13.1. The Morgan fingerprint density at radius 2 is 1.00 bits per heavy atom. The highest BCUT2D eigenvalue weighted by Gasteiger charge is 2.09. The van der Waals surface area contributed by atoms with Crippen molar-refractivity contribution in [2.45, 2.75) is 24.4 Å². The maximum absolute atomic E-state index is 8.60. The quantitative estimate of drug-likeness (QED) is 0.290. The third-order valence-electron chi connectivity index (χ3n) is 1.65. The number of aliphatic hydroxyl groups is 6. The van der Waals surface area contributed by atoms with Crippen LogP contribution in [-0.2, 0) is 0 Å². The van der Waals surface area contributed by atoms with Gasteiger partial charge in [0.1, 0.15) is 12.2 Å². The van der Waals surface area contributed by atoms with E-state index >= 15 is 0 Å². The van der Waals surface area contributed by atoms with Crippen LogP contribution >= 0.6 is 0 Å². The molecule has 0 saturated carbocycles. The standard InChI is InChI=1S/2C5H10O3/c2*1-2-4(7)5(8)3-6/h2*2,4-8H,1,3H2/t4-,5+;/m1./s1. The molecule has 6 nitrogen and oxygen atoms in total. The summed E-state index contributed by atoms with van der Waals surface area (Å²) in [6.07, 6.45) is -1.87. The maximum Gasteiger partial charge on any atom is 0.106 e. The number of hydrogen-bond acceptors (Lipinski definition) is 6. The molecule has 0 heterocycles. The highest BCUT2D eigenvalue weighted by molar-refractivity contribution is 4.83. The van der Waals surface area contributed by atoms with Crippen LogP contribution in [0.25, 0.3) is 0 Å². The van der Waals surface area contributed by atoms with Gasteiger partial charge in [-0.15, -0.1) is 13.2 Å². The topological polar surface area (TPSA) is 121 Å². The molecule has 0 aromatic carbocycles. The van der Waals surface area contributed by atoms with Crippen molar-refractivity contribution in [2.75, 3.05) is 13.2 Å². The fraction of sp³-hybridized carbons (Fsp3) is 0.600. The number of aliphatic hydroxyl groups excluding tert-OH is 6. The predicted octanol–water partition coefficient (Wildman–Crippen LogP) is -2.23. The zero-order valence-electron chi connectivity index (χ0n) is 8.98. The molecule has 0 rings (SSSR count). The highest BCUT2D eigenvalue weighted by atomic mass is 16.4. The SMILES string of the molecule is C=CC(O)C(O)CO.C=C[C@@H](O)[C@@H](O)CO. The van der Waals surface area contributed by atoms with Gasteiger partial charge in [-0.2, -0.15) is 0 Å². The summed E-state index contributed by atoms with van der Waals surface area (Å²) < 4.78 is 0. The second-order valence-electron chi connectivity index (χ2n) is 2.95. The number of hydrogen-bond donors (Lipinski definition) is 6. The fourth-order valence-corrected chi connectivity index (χ4v) is 0.530. The average Bonchev–Trinajstić information content (AvgIpc) is 2.35. The van der Waals surface area contributed by atoms with Gasteiger partial charge >= 0.3 is 0 Å². The molecule has 96 valence electrons. The monoisotopic (exact) mass is 236 g/mol. The molecular formula is C10H20O6. The van der Waals surface area contributed by atoms with Crippen LogP contribution in [0.1, 0.15) is 0 Å². The molecule has 0 aliphatic rings. The van der Waals surface area contributed by atoms with Gasteiger partial charge in [0.15, 0.2) is 0 Å². The first-order chi connectivity index (χ1) is 7.44. The summed E-state index contributed by atoms with van der Waals surface area (Å²) in [5.74, 6) is 0. The summed E-state index contributed by atoms with van der Waals surface area (Å²) in [5.41, 5.74) is 0. The minimum atomic E-state index is -1.09. The molecule has 2 unspecified atom stereocenters. The number of rotatable bonds is 6. The van der Waals surface area contributed by atoms with Gasteiger partial charge in [0, 0.05) is 0 Å². The Hall–Kier alpha value is -0.760. The summed E-state index contributed by atoms with van der Waals surface area (Å²) in [6.45, 7) is 5.54. The lowest BCUT2D eigenvalue weighted by Crippen LogP contribution is -2.26. The fourth-order valence-electron chi connectivity index (χ4n) is 0.530. The van der Waals surface area contributed by atoms with Crippen LogP contribution in [0.3, 0.4) is 0 Å². The van der Waals surface area contributed by atoms with Crippen LogP contribution in [0.5, 0.6) is 0 Å². The molecule has 0 aliphatic carbocycles. The van der Waals surface area contributed by atoms with Gasteiger partial charge in [-0.05, 0) is 0 Å². The molecule has 6 heteroatoms. The molecule has 0 bridgehead atoms. The van der Waals surface area contributed by atoms with Crippen LogP contribution in [-0.4, -0.2) is 68.3 Å². The second kappa shape index (κ2) is 10.7. The normalized spacial score (nSPS) is 17.4. The minimum Gasteiger partial charge on any atom is -0.394 e. The lowest BCUT2D eigenvalue weighted by molar-refractivity contribution is 0.00962. The average molecular weight is 236 g/mol. The van der Waals surface area contributed by atoms with Crippen LogP contribution in [0.15, 0.2) is 25.3 Å². The van der Waals surface area contributed by atoms with Gasteiger partial charge in [-0.25, -0.2) is 0 Å². The third kappa shape index (κ3) is 8.54. The Balaban J connectivity index is 0. The predicted molar refractivity (Wildman–Crippen MR) is 58.6 cm³/mol. The molecule has 16 heavy (non-hydrogen) atoms. The van der Waals surface area contributed by atoms with E-state index < -0.39 is 37.6 Å². The van der Waals surface area contributed by atoms with Crippen molar-refractivity contribution in [1.82, 2.24) is 0 Å². The van der Waals surface area contributed by atoms with E-state index in [1.807, 2.05) is 0 Å². The first-order valence-electron chi connectivity index (χ1n) is 4.63. The van der Waals surface area contributed by atoms with Crippen molar-refractivity contribution in [3.63, 3.8) is 0 Å². The van der Waals surface area contributed by atoms with Crippen LogP contribution in [0.4, 0.5) is 0 Å². The van der Waals surface area contributed by atoms with Crippen molar-refractivity contribution < 1.29 is 30.6 Å². The summed E-state index contributed by atoms with van der Waals surface area (Å²) >= 11 is 0. The van der Waals surface area contributed by atoms with E-state index in [0.29, 0.717) is 0 Å². The Morgan fingerprint density at radius 1 is 0.750 bits per heavy atom. The largest absolute Gasteiger partial charge is 0.394 e. The molecule has 0 fully saturated rings. The van der Waals surface area contributed by atoms with E-state index in [-0.39, 0.29) is 0 Å². The van der Waals surface area contributed by atoms with Crippen molar-refractivity contribution in [1.29, 1.82) is 0 Å². The van der Waals surface area contributed by atoms with Crippen molar-refractivity contribution >= 4 is 0 Å².